The number of hydrogen-bond acceptors (Lipinski definition) is 4. The van der Waals surface area contributed by atoms with Crippen molar-refractivity contribution < 1.29 is 4.74 Å². The number of methoxy groups -OCH3 is 1. The Morgan fingerprint density at radius 1 is 0.470 bits per heavy atom. The minimum atomic E-state index is 0.480. The zero-order valence-electron chi connectivity index (χ0n) is 38.3. The Labute approximate surface area is 385 Å². The van der Waals surface area contributed by atoms with Gasteiger partial charge in [-0.2, -0.15) is 0 Å². The molecule has 0 unspecified atom stereocenters. The van der Waals surface area contributed by atoms with Crippen LogP contribution in [0.5, 0.6) is 5.75 Å². The Kier molecular flexibility index (Phi) is 10.3. The fourth-order valence-corrected chi connectivity index (χ4v) is 10.1. The second-order valence-electron chi connectivity index (χ2n) is 18.4. The summed E-state index contributed by atoms with van der Waals surface area (Å²) in [6.07, 6.45) is 3.77. The van der Waals surface area contributed by atoms with Crippen LogP contribution in [0.15, 0.2) is 170 Å². The Hall–Kier alpha value is -7.77. The maximum Gasteiger partial charge on any atom is 0.168 e. The molecule has 0 spiro atoms. The van der Waals surface area contributed by atoms with Crippen molar-refractivity contribution in [3.63, 3.8) is 0 Å². The van der Waals surface area contributed by atoms with Gasteiger partial charge < -0.3 is 9.30 Å². The van der Waals surface area contributed by atoms with Crippen LogP contribution in [0.1, 0.15) is 44.6 Å². The van der Waals surface area contributed by atoms with E-state index in [9.17, 15) is 0 Å². The molecule has 0 aliphatic heterocycles. The van der Waals surface area contributed by atoms with Crippen LogP contribution in [-0.4, -0.2) is 36.0 Å². The van der Waals surface area contributed by atoms with Gasteiger partial charge >= 0.3 is 0 Å². The standard InChI is InChI=1S/C59H52N6O/c1-37(2)28-44-20-15-21-45(29-38(3)4)58(44)63-39(5)61-62-59(63)46-30-47(34-48(31-46)66-6)64-53-25-23-42(40-16-9-7-10-17-40)32-49(53)51-35-52-50-33-43(41-18-11-8-12-19-41)24-26-54(50)65(56(52)36-55(51)64)57-22-13-14-27-60-57/h7-27,30-38H,28-29H2,1-6H3. The smallest absolute Gasteiger partial charge is 0.168 e. The molecule has 0 amide bonds. The molecule has 66 heavy (non-hydrogen) atoms. The molecule has 0 fully saturated rings. The van der Waals surface area contributed by atoms with Crippen LogP contribution in [0.4, 0.5) is 0 Å². The molecule has 7 nitrogen and oxygen atoms in total. The van der Waals surface area contributed by atoms with Crippen LogP contribution in [0, 0.1) is 18.8 Å². The Bertz CT molecular complexity index is 3550. The summed E-state index contributed by atoms with van der Waals surface area (Å²) in [6.45, 7) is 11.2. The van der Waals surface area contributed by atoms with Crippen LogP contribution in [0.2, 0.25) is 0 Å². The minimum Gasteiger partial charge on any atom is -0.497 e. The third kappa shape index (κ3) is 7.12. The van der Waals surface area contributed by atoms with E-state index in [4.69, 9.17) is 19.9 Å². The first-order valence-electron chi connectivity index (χ1n) is 23.1. The summed E-state index contributed by atoms with van der Waals surface area (Å²) in [7, 11) is 1.74. The number of pyridine rings is 1. The molecule has 0 aliphatic carbocycles. The van der Waals surface area contributed by atoms with Crippen molar-refractivity contribution >= 4 is 43.6 Å². The first-order chi connectivity index (χ1) is 32.2. The minimum absolute atomic E-state index is 0.480. The predicted octanol–water partition coefficient (Wildman–Crippen LogP) is 14.6. The molecule has 0 saturated heterocycles. The summed E-state index contributed by atoms with van der Waals surface area (Å²) >= 11 is 0. The second kappa shape index (κ2) is 16.7. The van der Waals surface area contributed by atoms with Gasteiger partial charge in [-0.05, 0) is 126 Å². The number of aromatic nitrogens is 6. The molecule has 0 N–H and O–H groups in total. The van der Waals surface area contributed by atoms with E-state index in [0.717, 1.165) is 91.1 Å². The van der Waals surface area contributed by atoms with Crippen molar-refractivity contribution in [1.29, 1.82) is 0 Å². The highest BCUT2D eigenvalue weighted by Gasteiger charge is 2.24. The maximum atomic E-state index is 6.17. The molecule has 0 aliphatic rings. The van der Waals surface area contributed by atoms with Gasteiger partial charge in [-0.1, -0.05) is 125 Å². The summed E-state index contributed by atoms with van der Waals surface area (Å²) in [6, 6.07) is 59.1. The average molecular weight is 861 g/mol. The lowest BCUT2D eigenvalue weighted by molar-refractivity contribution is 0.415. The third-order valence-electron chi connectivity index (χ3n) is 12.9. The molecule has 0 bridgehead atoms. The molecule has 4 heterocycles. The van der Waals surface area contributed by atoms with E-state index in [0.29, 0.717) is 11.8 Å². The second-order valence-corrected chi connectivity index (χ2v) is 18.4. The topological polar surface area (TPSA) is 62.7 Å². The molecular formula is C59H52N6O. The molecule has 4 aromatic heterocycles. The van der Waals surface area contributed by atoms with E-state index in [1.165, 1.54) is 38.9 Å². The summed E-state index contributed by atoms with van der Waals surface area (Å²) in [5.41, 5.74) is 14.7. The van der Waals surface area contributed by atoms with Gasteiger partial charge in [0.1, 0.15) is 17.4 Å². The van der Waals surface area contributed by atoms with Crippen molar-refractivity contribution in [3.05, 3.63) is 187 Å². The molecule has 7 heteroatoms. The highest BCUT2D eigenvalue weighted by Crippen LogP contribution is 2.43. The quantitative estimate of drug-likeness (QED) is 0.130. The molecule has 11 rings (SSSR count). The molecule has 7 aromatic carbocycles. The van der Waals surface area contributed by atoms with E-state index in [1.807, 2.05) is 12.3 Å². The molecular weight excluding hydrogens is 809 g/mol. The monoisotopic (exact) mass is 860 g/mol. The van der Waals surface area contributed by atoms with Crippen LogP contribution in [0.3, 0.4) is 0 Å². The summed E-state index contributed by atoms with van der Waals surface area (Å²) in [5.74, 6) is 4.20. The van der Waals surface area contributed by atoms with Gasteiger partial charge in [0.25, 0.3) is 0 Å². The zero-order valence-corrected chi connectivity index (χ0v) is 38.3. The van der Waals surface area contributed by atoms with Crippen molar-refractivity contribution in [3.8, 4) is 56.6 Å². The Morgan fingerprint density at radius 3 is 1.62 bits per heavy atom. The lowest BCUT2D eigenvalue weighted by Crippen LogP contribution is -2.11. The summed E-state index contributed by atoms with van der Waals surface area (Å²) in [5, 5.41) is 14.4. The Morgan fingerprint density at radius 2 is 1.05 bits per heavy atom. The largest absolute Gasteiger partial charge is 0.497 e. The first-order valence-corrected chi connectivity index (χ1v) is 23.1. The van der Waals surface area contributed by atoms with Crippen molar-refractivity contribution in [1.82, 2.24) is 28.9 Å². The molecule has 324 valence electrons. The lowest BCUT2D eigenvalue weighted by atomic mass is 9.94. The average Bonchev–Trinajstić information content (AvgIpc) is 3.99. The number of nitrogens with zero attached hydrogens (tertiary/aromatic N) is 6. The van der Waals surface area contributed by atoms with Crippen molar-refractivity contribution in [2.45, 2.75) is 47.5 Å². The normalized spacial score (nSPS) is 11.9. The summed E-state index contributed by atoms with van der Waals surface area (Å²) in [4.78, 5) is 4.92. The van der Waals surface area contributed by atoms with Gasteiger partial charge in [-0.15, -0.1) is 10.2 Å². The molecule has 0 radical (unpaired) electrons. The SMILES string of the molecule is COc1cc(-c2nnc(C)n2-c2c(CC(C)C)cccc2CC(C)C)cc(-n2c3ccc(-c4ccccc4)cc3c3cc4c5cc(-c6ccccc6)ccc5n(-c5ccccn5)c4cc32)c1. The Balaban J connectivity index is 1.20. The van der Waals surface area contributed by atoms with E-state index >= 15 is 0 Å². The van der Waals surface area contributed by atoms with Gasteiger partial charge in [0.2, 0.25) is 0 Å². The number of aryl methyl sites for hydroxylation is 1. The van der Waals surface area contributed by atoms with E-state index in [2.05, 4.69) is 206 Å². The number of hydrogen-bond donors (Lipinski definition) is 0. The van der Waals surface area contributed by atoms with Crippen molar-refractivity contribution in [2.24, 2.45) is 11.8 Å². The van der Waals surface area contributed by atoms with Crippen LogP contribution < -0.4 is 4.74 Å². The molecule has 0 saturated carbocycles. The highest BCUT2D eigenvalue weighted by atomic mass is 16.5. The van der Waals surface area contributed by atoms with Crippen LogP contribution in [0.25, 0.3) is 94.4 Å². The maximum absolute atomic E-state index is 6.17. The number of rotatable bonds is 11. The third-order valence-corrected chi connectivity index (χ3v) is 12.9. The predicted molar refractivity (Wildman–Crippen MR) is 273 cm³/mol. The van der Waals surface area contributed by atoms with Gasteiger partial charge in [0.05, 0.1) is 40.6 Å². The number of benzene rings is 7. The lowest BCUT2D eigenvalue weighted by Gasteiger charge is -2.21. The van der Waals surface area contributed by atoms with E-state index in [-0.39, 0.29) is 0 Å². The first kappa shape index (κ1) is 41.0. The van der Waals surface area contributed by atoms with Crippen LogP contribution in [-0.2, 0) is 12.8 Å². The van der Waals surface area contributed by atoms with E-state index in [1.54, 1.807) is 7.11 Å². The van der Waals surface area contributed by atoms with Gasteiger partial charge in [-0.3, -0.25) is 9.13 Å². The van der Waals surface area contributed by atoms with Crippen LogP contribution >= 0.6 is 0 Å². The zero-order chi connectivity index (χ0) is 45.1. The number of ether oxygens (including phenoxy) is 1. The summed E-state index contributed by atoms with van der Waals surface area (Å²) < 4.78 is 13.2. The fourth-order valence-electron chi connectivity index (χ4n) is 10.1. The van der Waals surface area contributed by atoms with Gasteiger partial charge in [0, 0.05) is 39.4 Å². The van der Waals surface area contributed by atoms with Gasteiger partial charge in [-0.25, -0.2) is 4.98 Å². The number of fused-ring (bicyclic) bond motifs is 6. The molecule has 0 atom stereocenters. The molecule has 11 aromatic rings. The van der Waals surface area contributed by atoms with Crippen molar-refractivity contribution in [2.75, 3.05) is 7.11 Å². The van der Waals surface area contributed by atoms with Gasteiger partial charge in [0.15, 0.2) is 5.82 Å². The fraction of sp³-hybridized carbons (Fsp3) is 0.169. The number of para-hydroxylation sites is 1. The highest BCUT2D eigenvalue weighted by molar-refractivity contribution is 6.20. The van der Waals surface area contributed by atoms with E-state index < -0.39 is 0 Å².